The number of rotatable bonds is 3. The molecule has 1 aromatic rings. The predicted octanol–water partition coefficient (Wildman–Crippen LogP) is 3.45. The molecule has 1 aliphatic heterocycles. The van der Waals surface area contributed by atoms with E-state index in [0.29, 0.717) is 38.3 Å². The highest BCUT2D eigenvalue weighted by atomic mass is 35.5. The number of hydrogen-bond acceptors (Lipinski definition) is 3. The van der Waals surface area contributed by atoms with Gasteiger partial charge in [-0.3, -0.25) is 4.79 Å². The molecule has 1 saturated heterocycles. The molecule has 1 fully saturated rings. The molecule has 0 atom stereocenters. The highest BCUT2D eigenvalue weighted by molar-refractivity contribution is 6.33. The van der Waals surface area contributed by atoms with Gasteiger partial charge in [-0.05, 0) is 25.8 Å². The topological polar surface area (TPSA) is 36.4 Å². The van der Waals surface area contributed by atoms with Crippen LogP contribution in [0.5, 0.6) is 0 Å². The van der Waals surface area contributed by atoms with Crippen molar-refractivity contribution in [2.45, 2.75) is 25.9 Å². The second-order valence-electron chi connectivity index (χ2n) is 5.64. The van der Waals surface area contributed by atoms with Crippen LogP contribution < -0.4 is 4.90 Å². The lowest BCUT2D eigenvalue weighted by atomic mass is 9.95. The van der Waals surface area contributed by atoms with Crippen LogP contribution in [0.2, 0.25) is 5.02 Å². The van der Waals surface area contributed by atoms with E-state index in [1.165, 1.54) is 0 Å². The summed E-state index contributed by atoms with van der Waals surface area (Å²) in [6, 6.07) is 0.895. The molecule has 0 N–H and O–H groups in total. The normalized spacial score (nSPS) is 16.5. The van der Waals surface area contributed by atoms with E-state index in [4.69, 9.17) is 11.6 Å². The van der Waals surface area contributed by atoms with Gasteiger partial charge in [0.15, 0.2) is 0 Å². The van der Waals surface area contributed by atoms with E-state index < -0.39 is 11.7 Å². The number of aromatic nitrogens is 1. The zero-order chi connectivity index (χ0) is 17.2. The lowest BCUT2D eigenvalue weighted by Crippen LogP contribution is -2.41. The molecule has 0 aromatic carbocycles. The third-order valence-electron chi connectivity index (χ3n) is 4.14. The van der Waals surface area contributed by atoms with Crippen molar-refractivity contribution in [1.82, 2.24) is 9.88 Å². The first-order chi connectivity index (χ1) is 10.7. The smallest absolute Gasteiger partial charge is 0.355 e. The molecule has 0 spiro atoms. The average Bonchev–Trinajstić information content (AvgIpc) is 2.52. The molecule has 2 rings (SSSR count). The maximum atomic E-state index is 12.6. The van der Waals surface area contributed by atoms with Crippen LogP contribution in [0.15, 0.2) is 12.3 Å². The van der Waals surface area contributed by atoms with Crippen molar-refractivity contribution >= 4 is 23.3 Å². The van der Waals surface area contributed by atoms with E-state index in [2.05, 4.69) is 4.98 Å². The number of carbonyl (C=O) groups excluding carboxylic acids is 1. The summed E-state index contributed by atoms with van der Waals surface area (Å²) in [4.78, 5) is 19.5. The molecule has 0 saturated carbocycles. The lowest BCUT2D eigenvalue weighted by Gasteiger charge is -2.34. The minimum Gasteiger partial charge on any atom is -0.355 e. The van der Waals surface area contributed by atoms with Gasteiger partial charge in [0.25, 0.3) is 0 Å². The second kappa shape index (κ2) is 6.95. The third-order valence-corrected chi connectivity index (χ3v) is 4.42. The first kappa shape index (κ1) is 17.8. The molecular formula is C15H19ClF3N3O. The Bertz CT molecular complexity index is 572. The summed E-state index contributed by atoms with van der Waals surface area (Å²) >= 11 is 5.96. The van der Waals surface area contributed by atoms with Gasteiger partial charge >= 0.3 is 6.18 Å². The van der Waals surface area contributed by atoms with Gasteiger partial charge in [-0.2, -0.15) is 13.2 Å². The van der Waals surface area contributed by atoms with Gasteiger partial charge in [0.2, 0.25) is 5.91 Å². The largest absolute Gasteiger partial charge is 0.417 e. The molecule has 1 aliphatic rings. The SMILES string of the molecule is CCN(C)C(=O)C1CCN(c2ncc(C(F)(F)F)cc2Cl)CC1. The standard InChI is InChI=1S/C15H19ClF3N3O/c1-3-21(2)14(23)10-4-6-22(7-5-10)13-12(16)8-11(9-20-13)15(17,18)19/h8-10H,3-7H2,1-2H3. The second-order valence-corrected chi connectivity index (χ2v) is 6.05. The summed E-state index contributed by atoms with van der Waals surface area (Å²) in [5, 5.41) is -0.0183. The molecule has 0 unspecified atom stereocenters. The van der Waals surface area contributed by atoms with Gasteiger partial charge < -0.3 is 9.80 Å². The van der Waals surface area contributed by atoms with Crippen LogP contribution in [0.4, 0.5) is 19.0 Å². The Hall–Kier alpha value is -1.50. The van der Waals surface area contributed by atoms with Gasteiger partial charge in [-0.25, -0.2) is 4.98 Å². The number of nitrogens with zero attached hydrogens (tertiary/aromatic N) is 3. The van der Waals surface area contributed by atoms with Gasteiger partial charge in [-0.15, -0.1) is 0 Å². The number of hydrogen-bond donors (Lipinski definition) is 0. The van der Waals surface area contributed by atoms with Crippen molar-refractivity contribution in [3.05, 3.63) is 22.8 Å². The maximum Gasteiger partial charge on any atom is 0.417 e. The van der Waals surface area contributed by atoms with Gasteiger partial charge in [0, 0.05) is 38.8 Å². The maximum absolute atomic E-state index is 12.6. The minimum atomic E-state index is -4.46. The Balaban J connectivity index is 2.05. The van der Waals surface area contributed by atoms with Crippen LogP contribution in [0.3, 0.4) is 0 Å². The molecule has 2 heterocycles. The number of amides is 1. The van der Waals surface area contributed by atoms with E-state index >= 15 is 0 Å². The van der Waals surface area contributed by atoms with Crippen molar-refractivity contribution in [3.63, 3.8) is 0 Å². The number of carbonyl (C=O) groups is 1. The fraction of sp³-hybridized carbons (Fsp3) is 0.600. The van der Waals surface area contributed by atoms with Crippen LogP contribution >= 0.6 is 11.6 Å². The molecule has 8 heteroatoms. The highest BCUT2D eigenvalue weighted by Crippen LogP contribution is 2.34. The molecule has 1 amide bonds. The Kier molecular flexibility index (Phi) is 5.39. The molecule has 0 radical (unpaired) electrons. The summed E-state index contributed by atoms with van der Waals surface area (Å²) in [5.41, 5.74) is -0.860. The Morgan fingerprint density at radius 2 is 2.04 bits per heavy atom. The summed E-state index contributed by atoms with van der Waals surface area (Å²) in [7, 11) is 1.77. The van der Waals surface area contributed by atoms with E-state index in [-0.39, 0.29) is 16.8 Å². The Morgan fingerprint density at radius 3 is 2.52 bits per heavy atom. The van der Waals surface area contributed by atoms with Crippen LogP contribution in [-0.2, 0) is 11.0 Å². The molecular weight excluding hydrogens is 331 g/mol. The molecule has 4 nitrogen and oxygen atoms in total. The van der Waals surface area contributed by atoms with E-state index in [1.807, 2.05) is 11.8 Å². The zero-order valence-corrected chi connectivity index (χ0v) is 13.8. The summed E-state index contributed by atoms with van der Waals surface area (Å²) in [5.74, 6) is 0.400. The van der Waals surface area contributed by atoms with Crippen molar-refractivity contribution in [1.29, 1.82) is 0 Å². The van der Waals surface area contributed by atoms with Crippen LogP contribution in [-0.4, -0.2) is 42.5 Å². The predicted molar refractivity (Wildman–Crippen MR) is 82.5 cm³/mol. The Labute approximate surface area is 138 Å². The first-order valence-electron chi connectivity index (χ1n) is 7.46. The number of halogens is 4. The summed E-state index contributed by atoms with van der Waals surface area (Å²) in [6.45, 7) is 3.67. The molecule has 1 aromatic heterocycles. The zero-order valence-electron chi connectivity index (χ0n) is 13.0. The van der Waals surface area contributed by atoms with Crippen LogP contribution in [0, 0.1) is 5.92 Å². The van der Waals surface area contributed by atoms with E-state index in [1.54, 1.807) is 11.9 Å². The highest BCUT2D eigenvalue weighted by Gasteiger charge is 2.33. The van der Waals surface area contributed by atoms with Crippen molar-refractivity contribution in [2.75, 3.05) is 31.6 Å². The Morgan fingerprint density at radius 1 is 1.43 bits per heavy atom. The third kappa shape index (κ3) is 4.07. The molecule has 128 valence electrons. The lowest BCUT2D eigenvalue weighted by molar-refractivity contribution is -0.138. The average molecular weight is 350 g/mol. The first-order valence-corrected chi connectivity index (χ1v) is 7.84. The van der Waals surface area contributed by atoms with Crippen molar-refractivity contribution in [2.24, 2.45) is 5.92 Å². The summed E-state index contributed by atoms with van der Waals surface area (Å²) < 4.78 is 37.9. The quantitative estimate of drug-likeness (QED) is 0.838. The number of pyridine rings is 1. The monoisotopic (exact) mass is 349 g/mol. The van der Waals surface area contributed by atoms with Gasteiger partial charge in [-0.1, -0.05) is 11.6 Å². The van der Waals surface area contributed by atoms with Crippen molar-refractivity contribution < 1.29 is 18.0 Å². The van der Waals surface area contributed by atoms with E-state index in [0.717, 1.165) is 12.3 Å². The van der Waals surface area contributed by atoms with Crippen molar-refractivity contribution in [3.8, 4) is 0 Å². The molecule has 23 heavy (non-hydrogen) atoms. The van der Waals surface area contributed by atoms with Gasteiger partial charge in [0.1, 0.15) is 5.82 Å². The number of anilines is 1. The minimum absolute atomic E-state index is 0.0183. The number of piperidine rings is 1. The fourth-order valence-electron chi connectivity index (χ4n) is 2.62. The summed E-state index contributed by atoms with van der Waals surface area (Å²) in [6.07, 6.45) is -2.38. The van der Waals surface area contributed by atoms with E-state index in [9.17, 15) is 18.0 Å². The molecule has 0 aliphatic carbocycles. The number of alkyl halides is 3. The van der Waals surface area contributed by atoms with Crippen LogP contribution in [0.25, 0.3) is 0 Å². The van der Waals surface area contributed by atoms with Gasteiger partial charge in [0.05, 0.1) is 10.6 Å². The van der Waals surface area contributed by atoms with Crippen LogP contribution in [0.1, 0.15) is 25.3 Å². The fourth-order valence-corrected chi connectivity index (χ4v) is 2.91. The molecule has 0 bridgehead atoms.